The van der Waals surface area contributed by atoms with Gasteiger partial charge >= 0.3 is 0 Å². The van der Waals surface area contributed by atoms with Crippen molar-refractivity contribution in [3.63, 3.8) is 0 Å². The van der Waals surface area contributed by atoms with Gasteiger partial charge in [0.05, 0.1) is 12.0 Å². The first-order valence-electron chi connectivity index (χ1n) is 4.85. The summed E-state index contributed by atoms with van der Waals surface area (Å²) in [6.07, 6.45) is 1.58. The van der Waals surface area contributed by atoms with Crippen LogP contribution < -0.4 is 5.73 Å². The van der Waals surface area contributed by atoms with Gasteiger partial charge in [0.1, 0.15) is 0 Å². The van der Waals surface area contributed by atoms with E-state index in [1.54, 1.807) is 0 Å². The summed E-state index contributed by atoms with van der Waals surface area (Å²) in [6, 6.07) is 0. The van der Waals surface area contributed by atoms with E-state index in [-0.39, 0.29) is 5.41 Å². The van der Waals surface area contributed by atoms with Gasteiger partial charge in [0, 0.05) is 19.6 Å². The van der Waals surface area contributed by atoms with Crippen LogP contribution in [0, 0.1) is 0 Å². The third-order valence-corrected chi connectivity index (χ3v) is 2.56. The lowest BCUT2D eigenvalue weighted by Crippen LogP contribution is -2.22. The Balaban J connectivity index is 2.15. The van der Waals surface area contributed by atoms with Crippen LogP contribution >= 0.6 is 0 Å². The molecule has 0 aliphatic carbocycles. The molecule has 0 saturated carbocycles. The minimum Gasteiger partial charge on any atom is -0.425 e. The van der Waals surface area contributed by atoms with Gasteiger partial charge in [0.15, 0.2) is 0 Å². The van der Waals surface area contributed by atoms with E-state index < -0.39 is 0 Å². The first-order chi connectivity index (χ1) is 6.74. The molecule has 1 aliphatic rings. The fraction of sp³-hybridized carbons (Fsp3) is 0.778. The number of rotatable bonds is 3. The summed E-state index contributed by atoms with van der Waals surface area (Å²) in [7, 11) is 0. The number of aromatic nitrogens is 2. The van der Waals surface area contributed by atoms with E-state index in [4.69, 9.17) is 14.9 Å². The monoisotopic (exact) mass is 197 g/mol. The maximum atomic E-state index is 5.53. The van der Waals surface area contributed by atoms with E-state index >= 15 is 0 Å². The molecule has 0 radical (unpaired) electrons. The molecule has 0 amide bonds. The van der Waals surface area contributed by atoms with Crippen molar-refractivity contribution < 1.29 is 9.15 Å². The molecule has 1 aromatic heterocycles. The van der Waals surface area contributed by atoms with Crippen molar-refractivity contribution in [1.82, 2.24) is 10.2 Å². The van der Waals surface area contributed by atoms with Crippen LogP contribution in [0.2, 0.25) is 0 Å². The molecule has 1 aliphatic heterocycles. The third-order valence-electron chi connectivity index (χ3n) is 2.56. The smallest absolute Gasteiger partial charge is 0.224 e. The summed E-state index contributed by atoms with van der Waals surface area (Å²) in [5, 5.41) is 7.98. The lowest BCUT2D eigenvalue weighted by molar-refractivity contribution is 0.172. The van der Waals surface area contributed by atoms with E-state index in [1.807, 2.05) is 0 Å². The molecular weight excluding hydrogens is 182 g/mol. The predicted molar refractivity (Wildman–Crippen MR) is 49.8 cm³/mol. The fourth-order valence-electron chi connectivity index (χ4n) is 1.56. The maximum Gasteiger partial charge on any atom is 0.224 e. The van der Waals surface area contributed by atoms with Gasteiger partial charge in [0.2, 0.25) is 11.8 Å². The number of hydrogen-bond donors (Lipinski definition) is 1. The van der Waals surface area contributed by atoms with Gasteiger partial charge in [-0.25, -0.2) is 0 Å². The Morgan fingerprint density at radius 3 is 3.00 bits per heavy atom. The highest BCUT2D eigenvalue weighted by Gasteiger charge is 2.36. The standard InChI is InChI=1S/C9H15N3O2/c1-9(3-5-13-6-9)8-12-11-7(14-8)2-4-10/h2-6,10H2,1H3. The van der Waals surface area contributed by atoms with Crippen LogP contribution in [0.1, 0.15) is 25.1 Å². The molecule has 1 atom stereocenters. The molecule has 2 N–H and O–H groups in total. The Morgan fingerprint density at radius 1 is 1.50 bits per heavy atom. The lowest BCUT2D eigenvalue weighted by atomic mass is 9.90. The maximum absolute atomic E-state index is 5.53. The van der Waals surface area contributed by atoms with E-state index in [0.29, 0.717) is 31.4 Å². The summed E-state index contributed by atoms with van der Waals surface area (Å²) in [4.78, 5) is 0. The molecule has 1 aromatic rings. The summed E-state index contributed by atoms with van der Waals surface area (Å²) >= 11 is 0. The second kappa shape index (κ2) is 3.67. The third kappa shape index (κ3) is 1.65. The van der Waals surface area contributed by atoms with Crippen LogP contribution in [0.15, 0.2) is 4.42 Å². The first-order valence-corrected chi connectivity index (χ1v) is 4.85. The summed E-state index contributed by atoms with van der Waals surface area (Å²) in [5.41, 5.74) is 5.31. The van der Waals surface area contributed by atoms with E-state index in [0.717, 1.165) is 13.0 Å². The predicted octanol–water partition coefficient (Wildman–Crippen LogP) is 0.249. The quantitative estimate of drug-likeness (QED) is 0.751. The van der Waals surface area contributed by atoms with Crippen molar-refractivity contribution in [2.45, 2.75) is 25.2 Å². The molecule has 5 heteroatoms. The largest absolute Gasteiger partial charge is 0.425 e. The Morgan fingerprint density at radius 2 is 2.36 bits per heavy atom. The molecule has 0 aromatic carbocycles. The van der Waals surface area contributed by atoms with E-state index in [1.165, 1.54) is 0 Å². The van der Waals surface area contributed by atoms with Crippen LogP contribution in [0.5, 0.6) is 0 Å². The number of nitrogens with two attached hydrogens (primary N) is 1. The van der Waals surface area contributed by atoms with Crippen LogP contribution in [-0.4, -0.2) is 30.0 Å². The van der Waals surface area contributed by atoms with Crippen molar-refractivity contribution in [3.05, 3.63) is 11.8 Å². The molecule has 5 nitrogen and oxygen atoms in total. The highest BCUT2D eigenvalue weighted by Crippen LogP contribution is 2.31. The van der Waals surface area contributed by atoms with Gasteiger partial charge in [0.25, 0.3) is 0 Å². The van der Waals surface area contributed by atoms with Crippen molar-refractivity contribution >= 4 is 0 Å². The molecule has 2 rings (SSSR count). The van der Waals surface area contributed by atoms with Gasteiger partial charge in [-0.2, -0.15) is 0 Å². The van der Waals surface area contributed by atoms with Crippen molar-refractivity contribution in [2.24, 2.45) is 5.73 Å². The molecule has 1 saturated heterocycles. The Hall–Kier alpha value is -0.940. The van der Waals surface area contributed by atoms with Crippen LogP contribution in [0.25, 0.3) is 0 Å². The van der Waals surface area contributed by atoms with Crippen molar-refractivity contribution in [2.75, 3.05) is 19.8 Å². The molecule has 78 valence electrons. The van der Waals surface area contributed by atoms with Gasteiger partial charge in [-0.15, -0.1) is 10.2 Å². The first kappa shape index (κ1) is 9.61. The van der Waals surface area contributed by atoms with Crippen LogP contribution in [0.4, 0.5) is 0 Å². The fourth-order valence-corrected chi connectivity index (χ4v) is 1.56. The summed E-state index contributed by atoms with van der Waals surface area (Å²) in [6.45, 7) is 4.05. The van der Waals surface area contributed by atoms with E-state index in [2.05, 4.69) is 17.1 Å². The topological polar surface area (TPSA) is 74.2 Å². The molecule has 2 heterocycles. The number of hydrogen-bond acceptors (Lipinski definition) is 5. The van der Waals surface area contributed by atoms with Crippen molar-refractivity contribution in [3.8, 4) is 0 Å². The van der Waals surface area contributed by atoms with Gasteiger partial charge in [-0.3, -0.25) is 0 Å². The van der Waals surface area contributed by atoms with Crippen molar-refractivity contribution in [1.29, 1.82) is 0 Å². The Labute approximate surface area is 82.6 Å². The lowest BCUT2D eigenvalue weighted by Gasteiger charge is -2.15. The molecule has 14 heavy (non-hydrogen) atoms. The highest BCUT2D eigenvalue weighted by atomic mass is 16.5. The minimum atomic E-state index is -0.0974. The van der Waals surface area contributed by atoms with E-state index in [9.17, 15) is 0 Å². The second-order valence-corrected chi connectivity index (χ2v) is 3.90. The van der Waals surface area contributed by atoms with Gasteiger partial charge in [-0.1, -0.05) is 0 Å². The zero-order valence-electron chi connectivity index (χ0n) is 8.32. The second-order valence-electron chi connectivity index (χ2n) is 3.90. The van der Waals surface area contributed by atoms with Gasteiger partial charge in [-0.05, 0) is 13.3 Å². The van der Waals surface area contributed by atoms with Gasteiger partial charge < -0.3 is 14.9 Å². The normalized spacial score (nSPS) is 27.0. The minimum absolute atomic E-state index is 0.0974. The zero-order chi connectivity index (χ0) is 10.0. The average molecular weight is 197 g/mol. The van der Waals surface area contributed by atoms with Crippen LogP contribution in [-0.2, 0) is 16.6 Å². The number of nitrogens with zero attached hydrogens (tertiary/aromatic N) is 2. The number of ether oxygens (including phenoxy) is 1. The Bertz CT molecular complexity index is 305. The molecule has 0 bridgehead atoms. The zero-order valence-corrected chi connectivity index (χ0v) is 8.32. The summed E-state index contributed by atoms with van der Waals surface area (Å²) in [5.74, 6) is 1.30. The molecule has 1 fully saturated rings. The average Bonchev–Trinajstić information content (AvgIpc) is 2.75. The highest BCUT2D eigenvalue weighted by molar-refractivity contribution is 5.04. The van der Waals surface area contributed by atoms with Crippen LogP contribution in [0.3, 0.4) is 0 Å². The molecule has 1 unspecified atom stereocenters. The molecular formula is C9H15N3O2. The molecule has 0 spiro atoms. The SMILES string of the molecule is CC1(c2nnc(CCN)o2)CCOC1. The Kier molecular flexibility index (Phi) is 2.52. The summed E-state index contributed by atoms with van der Waals surface area (Å²) < 4.78 is 10.9.